The highest BCUT2D eigenvalue weighted by Crippen LogP contribution is 2.22. The summed E-state index contributed by atoms with van der Waals surface area (Å²) >= 11 is 1.32. The average Bonchev–Trinajstić information content (AvgIpc) is 2.83. The van der Waals surface area contributed by atoms with Gasteiger partial charge in [-0.2, -0.15) is 0 Å². The molecule has 4 nitrogen and oxygen atoms in total. The summed E-state index contributed by atoms with van der Waals surface area (Å²) in [5.41, 5.74) is 1.32. The number of carbonyl (C=O) groups excluding carboxylic acids is 1. The topological polar surface area (TPSA) is 54.0 Å². The minimum absolute atomic E-state index is 0.0211. The third-order valence-electron chi connectivity index (χ3n) is 2.45. The van der Waals surface area contributed by atoms with Crippen LogP contribution >= 0.6 is 11.3 Å². The van der Waals surface area contributed by atoms with Gasteiger partial charge in [0.05, 0.1) is 12.2 Å². The summed E-state index contributed by atoms with van der Waals surface area (Å²) in [6.45, 7) is 1.82. The molecule has 0 aliphatic carbocycles. The third-order valence-corrected chi connectivity index (χ3v) is 3.25. The van der Waals surface area contributed by atoms with E-state index in [1.165, 1.54) is 30.4 Å². The highest BCUT2D eigenvalue weighted by atomic mass is 32.1. The van der Waals surface area contributed by atoms with Crippen LogP contribution in [0.2, 0.25) is 0 Å². The van der Waals surface area contributed by atoms with Crippen LogP contribution in [0.15, 0.2) is 29.6 Å². The van der Waals surface area contributed by atoms with E-state index in [0.717, 1.165) is 5.69 Å². The number of benzene rings is 1. The summed E-state index contributed by atoms with van der Waals surface area (Å²) in [6.07, 6.45) is -2.48. The fourth-order valence-corrected chi connectivity index (χ4v) is 2.33. The Hall–Kier alpha value is -2.02. The van der Waals surface area contributed by atoms with E-state index < -0.39 is 6.43 Å². The second kappa shape index (κ2) is 6.42. The smallest absolute Gasteiger partial charge is 0.263 e. The third kappa shape index (κ3) is 3.99. The van der Waals surface area contributed by atoms with E-state index in [2.05, 4.69) is 15.6 Å². The van der Waals surface area contributed by atoms with Gasteiger partial charge >= 0.3 is 0 Å². The Balaban J connectivity index is 1.96. The second-order valence-electron chi connectivity index (χ2n) is 4.10. The van der Waals surface area contributed by atoms with Gasteiger partial charge in [0.25, 0.3) is 6.43 Å². The lowest BCUT2D eigenvalue weighted by Crippen LogP contribution is -2.06. The van der Waals surface area contributed by atoms with Crippen molar-refractivity contribution < 1.29 is 13.6 Å². The molecule has 1 heterocycles. The van der Waals surface area contributed by atoms with Crippen molar-refractivity contribution in [2.45, 2.75) is 19.9 Å². The number of aromatic nitrogens is 1. The first kappa shape index (κ1) is 14.4. The van der Waals surface area contributed by atoms with E-state index in [0.29, 0.717) is 17.4 Å². The molecule has 0 atom stereocenters. The van der Waals surface area contributed by atoms with Gasteiger partial charge in [-0.15, -0.1) is 11.3 Å². The average molecular weight is 297 g/mol. The maximum Gasteiger partial charge on any atom is 0.263 e. The molecule has 20 heavy (non-hydrogen) atoms. The van der Waals surface area contributed by atoms with Crippen LogP contribution in [0, 0.1) is 0 Å². The maximum atomic E-state index is 12.6. The number of amides is 1. The first-order valence-electron chi connectivity index (χ1n) is 5.88. The molecule has 2 aromatic rings. The van der Waals surface area contributed by atoms with Crippen LogP contribution in [0.25, 0.3) is 0 Å². The number of nitrogens with zero attached hydrogens (tertiary/aromatic N) is 1. The largest absolute Gasteiger partial charge is 0.379 e. The molecule has 0 aliphatic heterocycles. The molecule has 0 saturated heterocycles. The van der Waals surface area contributed by atoms with Gasteiger partial charge in [0, 0.05) is 23.6 Å². The lowest BCUT2D eigenvalue weighted by atomic mass is 10.2. The number of alkyl halides is 2. The first-order valence-corrected chi connectivity index (χ1v) is 6.76. The predicted molar refractivity (Wildman–Crippen MR) is 75.1 cm³/mol. The van der Waals surface area contributed by atoms with Crippen LogP contribution in [-0.2, 0) is 11.3 Å². The molecule has 1 aromatic carbocycles. The van der Waals surface area contributed by atoms with Gasteiger partial charge in [0.1, 0.15) is 0 Å². The predicted octanol–water partition coefficient (Wildman–Crippen LogP) is 3.65. The SMILES string of the molecule is CC(=O)Nc1nc(CNc2cccc(C(F)F)c2)cs1. The summed E-state index contributed by atoms with van der Waals surface area (Å²) in [5.74, 6) is -0.177. The molecule has 1 aromatic heterocycles. The van der Waals surface area contributed by atoms with Crippen LogP contribution < -0.4 is 10.6 Å². The number of halogens is 2. The van der Waals surface area contributed by atoms with E-state index in [-0.39, 0.29) is 11.5 Å². The van der Waals surface area contributed by atoms with E-state index in [9.17, 15) is 13.6 Å². The first-order chi connectivity index (χ1) is 9.54. The van der Waals surface area contributed by atoms with Gasteiger partial charge in [0.15, 0.2) is 5.13 Å². The minimum Gasteiger partial charge on any atom is -0.379 e. The van der Waals surface area contributed by atoms with Gasteiger partial charge in [-0.05, 0) is 12.1 Å². The zero-order valence-corrected chi connectivity index (χ0v) is 11.5. The molecule has 1 amide bonds. The molecule has 0 fully saturated rings. The standard InChI is InChI=1S/C13H13F2N3OS/c1-8(19)17-13-18-11(7-20-13)6-16-10-4-2-3-9(5-10)12(14)15/h2-5,7,12,16H,6H2,1H3,(H,17,18,19). The molecule has 0 saturated carbocycles. The summed E-state index contributed by atoms with van der Waals surface area (Å²) < 4.78 is 25.1. The van der Waals surface area contributed by atoms with Gasteiger partial charge in [0.2, 0.25) is 5.91 Å². The Kier molecular flexibility index (Phi) is 4.62. The molecule has 2 N–H and O–H groups in total. The van der Waals surface area contributed by atoms with Crippen LogP contribution in [0.5, 0.6) is 0 Å². The summed E-state index contributed by atoms with van der Waals surface area (Å²) in [6, 6.07) is 6.08. The Bertz CT molecular complexity index is 601. The monoisotopic (exact) mass is 297 g/mol. The molecule has 0 radical (unpaired) electrons. The van der Waals surface area contributed by atoms with E-state index >= 15 is 0 Å². The minimum atomic E-state index is -2.48. The molecular weight excluding hydrogens is 284 g/mol. The van der Waals surface area contributed by atoms with Crippen LogP contribution in [-0.4, -0.2) is 10.9 Å². The van der Waals surface area contributed by atoms with Crippen molar-refractivity contribution in [3.8, 4) is 0 Å². The molecule has 0 unspecified atom stereocenters. The normalized spacial score (nSPS) is 10.6. The van der Waals surface area contributed by atoms with Crippen molar-refractivity contribution >= 4 is 28.1 Å². The van der Waals surface area contributed by atoms with Crippen molar-refractivity contribution in [1.82, 2.24) is 4.98 Å². The van der Waals surface area contributed by atoms with Crippen LogP contribution in [0.3, 0.4) is 0 Å². The number of thiazole rings is 1. The van der Waals surface area contributed by atoms with Gasteiger partial charge in [-0.3, -0.25) is 4.79 Å². The van der Waals surface area contributed by atoms with Crippen molar-refractivity contribution in [2.75, 3.05) is 10.6 Å². The van der Waals surface area contributed by atoms with Crippen LogP contribution in [0.4, 0.5) is 19.6 Å². The fraction of sp³-hybridized carbons (Fsp3) is 0.231. The Morgan fingerprint density at radius 3 is 2.95 bits per heavy atom. The van der Waals surface area contributed by atoms with Gasteiger partial charge in [-0.25, -0.2) is 13.8 Å². The number of nitrogens with one attached hydrogen (secondary N) is 2. The maximum absolute atomic E-state index is 12.6. The number of hydrogen-bond donors (Lipinski definition) is 2. The lowest BCUT2D eigenvalue weighted by Gasteiger charge is -2.06. The van der Waals surface area contributed by atoms with E-state index in [1.54, 1.807) is 17.5 Å². The Morgan fingerprint density at radius 2 is 2.25 bits per heavy atom. The summed E-state index contributed by atoms with van der Waals surface area (Å²) in [7, 11) is 0. The highest BCUT2D eigenvalue weighted by molar-refractivity contribution is 7.13. The molecule has 2 rings (SSSR count). The van der Waals surface area contributed by atoms with Crippen molar-refractivity contribution in [1.29, 1.82) is 0 Å². The number of rotatable bonds is 5. The molecule has 106 valence electrons. The summed E-state index contributed by atoms with van der Waals surface area (Å²) in [5, 5.41) is 7.93. The number of anilines is 2. The second-order valence-corrected chi connectivity index (χ2v) is 4.96. The molecule has 0 spiro atoms. The Labute approximate surface area is 118 Å². The van der Waals surface area contributed by atoms with Crippen molar-refractivity contribution in [3.63, 3.8) is 0 Å². The van der Waals surface area contributed by atoms with Crippen LogP contribution in [0.1, 0.15) is 24.6 Å². The van der Waals surface area contributed by atoms with E-state index in [4.69, 9.17) is 0 Å². The highest BCUT2D eigenvalue weighted by Gasteiger charge is 2.07. The Morgan fingerprint density at radius 1 is 1.45 bits per heavy atom. The molecule has 0 bridgehead atoms. The fourth-order valence-electron chi connectivity index (χ4n) is 1.57. The van der Waals surface area contributed by atoms with Gasteiger partial charge in [-0.1, -0.05) is 12.1 Å². The summed E-state index contributed by atoms with van der Waals surface area (Å²) in [4.78, 5) is 15.1. The molecule has 0 aliphatic rings. The molecular formula is C13H13F2N3OS. The number of hydrogen-bond acceptors (Lipinski definition) is 4. The van der Waals surface area contributed by atoms with Gasteiger partial charge < -0.3 is 10.6 Å². The zero-order chi connectivity index (χ0) is 14.5. The van der Waals surface area contributed by atoms with E-state index in [1.807, 2.05) is 0 Å². The molecule has 7 heteroatoms. The quantitative estimate of drug-likeness (QED) is 0.885. The van der Waals surface area contributed by atoms with Crippen molar-refractivity contribution in [2.24, 2.45) is 0 Å². The zero-order valence-electron chi connectivity index (χ0n) is 10.7. The number of carbonyl (C=O) groups is 1. The lowest BCUT2D eigenvalue weighted by molar-refractivity contribution is -0.114. The van der Waals surface area contributed by atoms with Crippen molar-refractivity contribution in [3.05, 3.63) is 40.9 Å².